The average molecular weight is 235 g/mol. The Morgan fingerprint density at radius 2 is 2.00 bits per heavy atom. The zero-order valence-electron chi connectivity index (χ0n) is 10.6. The molecule has 0 spiro atoms. The minimum Gasteiger partial charge on any atom is -0.507 e. The second-order valence-corrected chi connectivity index (χ2v) is 4.35. The molecule has 0 amide bonds. The fourth-order valence-corrected chi connectivity index (χ4v) is 1.84. The van der Waals surface area contributed by atoms with E-state index in [1.54, 1.807) is 13.0 Å². The van der Waals surface area contributed by atoms with Crippen molar-refractivity contribution >= 4 is 5.71 Å². The number of benzene rings is 1. The first-order valence-corrected chi connectivity index (χ1v) is 6.20. The van der Waals surface area contributed by atoms with Crippen molar-refractivity contribution < 1.29 is 10.3 Å². The largest absolute Gasteiger partial charge is 0.507 e. The van der Waals surface area contributed by atoms with Crippen molar-refractivity contribution in [2.45, 2.75) is 46.0 Å². The highest BCUT2D eigenvalue weighted by Gasteiger charge is 2.06. The minimum atomic E-state index is 0.164. The van der Waals surface area contributed by atoms with Gasteiger partial charge in [-0.25, -0.2) is 0 Å². The number of unbranched alkanes of at least 4 members (excludes halogenated alkanes) is 3. The molecule has 0 aromatic heterocycles. The summed E-state index contributed by atoms with van der Waals surface area (Å²) in [6.45, 7) is 3.87. The molecular weight excluding hydrogens is 214 g/mol. The lowest BCUT2D eigenvalue weighted by atomic mass is 10.0. The molecule has 0 aliphatic heterocycles. The zero-order valence-corrected chi connectivity index (χ0v) is 10.6. The molecule has 17 heavy (non-hydrogen) atoms. The second-order valence-electron chi connectivity index (χ2n) is 4.35. The molecule has 0 atom stereocenters. The van der Waals surface area contributed by atoms with Gasteiger partial charge in [0, 0.05) is 5.56 Å². The molecule has 3 nitrogen and oxygen atoms in total. The molecule has 0 bridgehead atoms. The van der Waals surface area contributed by atoms with Gasteiger partial charge in [-0.1, -0.05) is 37.4 Å². The van der Waals surface area contributed by atoms with E-state index >= 15 is 0 Å². The van der Waals surface area contributed by atoms with Gasteiger partial charge in [-0.05, 0) is 37.5 Å². The summed E-state index contributed by atoms with van der Waals surface area (Å²) in [5, 5.41) is 21.5. The standard InChI is InChI=1S/C14H21NO2/c1-3-4-5-6-7-12-8-9-14(16)13(10-12)11(2)15-17/h8-10,16-17H,3-7H2,1-2H3/b15-11-. The van der Waals surface area contributed by atoms with Gasteiger partial charge in [0.1, 0.15) is 5.75 Å². The van der Waals surface area contributed by atoms with E-state index in [1.165, 1.54) is 24.8 Å². The molecule has 0 aliphatic carbocycles. The van der Waals surface area contributed by atoms with E-state index in [4.69, 9.17) is 5.21 Å². The van der Waals surface area contributed by atoms with E-state index in [0.29, 0.717) is 11.3 Å². The SMILES string of the molecule is CCCCCCc1ccc(O)c(/C(C)=N\O)c1. The lowest BCUT2D eigenvalue weighted by Gasteiger charge is -2.06. The third-order valence-corrected chi connectivity index (χ3v) is 2.92. The van der Waals surface area contributed by atoms with E-state index < -0.39 is 0 Å². The van der Waals surface area contributed by atoms with Crippen LogP contribution in [-0.4, -0.2) is 16.0 Å². The van der Waals surface area contributed by atoms with E-state index in [9.17, 15) is 5.11 Å². The first-order valence-electron chi connectivity index (χ1n) is 6.20. The van der Waals surface area contributed by atoms with E-state index in [-0.39, 0.29) is 5.75 Å². The maximum Gasteiger partial charge on any atom is 0.124 e. The Morgan fingerprint density at radius 1 is 1.24 bits per heavy atom. The molecule has 1 aromatic carbocycles. The molecule has 2 N–H and O–H groups in total. The fraction of sp³-hybridized carbons (Fsp3) is 0.500. The topological polar surface area (TPSA) is 52.8 Å². The molecule has 0 saturated carbocycles. The van der Waals surface area contributed by atoms with Crippen LogP contribution in [0.15, 0.2) is 23.4 Å². The Hall–Kier alpha value is -1.51. The number of aromatic hydroxyl groups is 1. The van der Waals surface area contributed by atoms with Gasteiger partial charge in [-0.2, -0.15) is 0 Å². The van der Waals surface area contributed by atoms with Gasteiger partial charge >= 0.3 is 0 Å². The van der Waals surface area contributed by atoms with Gasteiger partial charge in [-0.15, -0.1) is 0 Å². The number of hydrogen-bond donors (Lipinski definition) is 2. The highest BCUT2D eigenvalue weighted by atomic mass is 16.4. The van der Waals surface area contributed by atoms with E-state index in [0.717, 1.165) is 12.8 Å². The molecular formula is C14H21NO2. The fourth-order valence-electron chi connectivity index (χ4n) is 1.84. The first kappa shape index (κ1) is 13.6. The molecule has 3 heteroatoms. The molecule has 1 aromatic rings. The highest BCUT2D eigenvalue weighted by Crippen LogP contribution is 2.20. The summed E-state index contributed by atoms with van der Waals surface area (Å²) in [5.74, 6) is 0.164. The average Bonchev–Trinajstić information content (AvgIpc) is 2.35. The predicted molar refractivity (Wildman–Crippen MR) is 70.0 cm³/mol. The van der Waals surface area contributed by atoms with E-state index in [2.05, 4.69) is 12.1 Å². The summed E-state index contributed by atoms with van der Waals surface area (Å²) >= 11 is 0. The molecule has 0 saturated heterocycles. The van der Waals surface area contributed by atoms with Crippen LogP contribution in [0.3, 0.4) is 0 Å². The smallest absolute Gasteiger partial charge is 0.124 e. The van der Waals surface area contributed by atoms with Gasteiger partial charge < -0.3 is 10.3 Å². The maximum atomic E-state index is 9.65. The number of hydrogen-bond acceptors (Lipinski definition) is 3. The van der Waals surface area contributed by atoms with Crippen LogP contribution in [0.4, 0.5) is 0 Å². The highest BCUT2D eigenvalue weighted by molar-refractivity contribution is 6.00. The second kappa shape index (κ2) is 6.94. The van der Waals surface area contributed by atoms with Crippen LogP contribution in [0.25, 0.3) is 0 Å². The molecule has 0 aliphatic rings. The quantitative estimate of drug-likeness (QED) is 0.342. The van der Waals surface area contributed by atoms with Crippen LogP contribution >= 0.6 is 0 Å². The number of phenols is 1. The summed E-state index contributed by atoms with van der Waals surface area (Å²) in [6, 6.07) is 5.49. The Kier molecular flexibility index (Phi) is 5.53. The van der Waals surface area contributed by atoms with Crippen LogP contribution in [0.1, 0.15) is 50.7 Å². The monoisotopic (exact) mass is 235 g/mol. The van der Waals surface area contributed by atoms with Crippen molar-refractivity contribution in [3.8, 4) is 5.75 Å². The predicted octanol–water partition coefficient (Wildman–Crippen LogP) is 3.71. The molecule has 94 valence electrons. The van der Waals surface area contributed by atoms with Crippen molar-refractivity contribution in [2.24, 2.45) is 5.16 Å². The van der Waals surface area contributed by atoms with Gasteiger partial charge in [0.25, 0.3) is 0 Å². The minimum absolute atomic E-state index is 0.164. The molecule has 0 heterocycles. The van der Waals surface area contributed by atoms with Gasteiger partial charge in [-0.3, -0.25) is 0 Å². The summed E-state index contributed by atoms with van der Waals surface area (Å²) in [5.41, 5.74) is 2.23. The summed E-state index contributed by atoms with van der Waals surface area (Å²) in [4.78, 5) is 0. The molecule has 0 fully saturated rings. The van der Waals surface area contributed by atoms with Crippen LogP contribution in [0.2, 0.25) is 0 Å². The number of aryl methyl sites for hydroxylation is 1. The van der Waals surface area contributed by atoms with Crippen LogP contribution in [-0.2, 0) is 6.42 Å². The normalized spacial score (nSPS) is 11.8. The van der Waals surface area contributed by atoms with Gasteiger partial charge in [0.15, 0.2) is 0 Å². The zero-order chi connectivity index (χ0) is 12.7. The van der Waals surface area contributed by atoms with Crippen LogP contribution in [0.5, 0.6) is 5.75 Å². The molecule has 1 rings (SSSR count). The third kappa shape index (κ3) is 4.10. The Labute approximate surface area is 103 Å². The van der Waals surface area contributed by atoms with Crippen molar-refractivity contribution in [3.63, 3.8) is 0 Å². The van der Waals surface area contributed by atoms with Crippen molar-refractivity contribution in [2.75, 3.05) is 0 Å². The van der Waals surface area contributed by atoms with Crippen LogP contribution < -0.4 is 0 Å². The van der Waals surface area contributed by atoms with E-state index in [1.807, 2.05) is 12.1 Å². The third-order valence-electron chi connectivity index (χ3n) is 2.92. The Balaban J connectivity index is 2.68. The van der Waals surface area contributed by atoms with Crippen LogP contribution in [0, 0.1) is 0 Å². The number of oxime groups is 1. The van der Waals surface area contributed by atoms with Gasteiger partial charge in [0.2, 0.25) is 0 Å². The lowest BCUT2D eigenvalue weighted by molar-refractivity contribution is 0.318. The summed E-state index contributed by atoms with van der Waals surface area (Å²) in [6.07, 6.45) is 5.90. The Morgan fingerprint density at radius 3 is 2.65 bits per heavy atom. The van der Waals surface area contributed by atoms with Gasteiger partial charge in [0.05, 0.1) is 5.71 Å². The number of phenolic OH excluding ortho intramolecular Hbond substituents is 1. The first-order chi connectivity index (χ1) is 8.19. The maximum absolute atomic E-state index is 9.65. The van der Waals surface area contributed by atoms with Crippen molar-refractivity contribution in [1.82, 2.24) is 0 Å². The molecule has 0 unspecified atom stereocenters. The summed E-state index contributed by atoms with van der Waals surface area (Å²) < 4.78 is 0. The Bertz CT molecular complexity index is 386. The van der Waals surface area contributed by atoms with Crippen molar-refractivity contribution in [3.05, 3.63) is 29.3 Å². The number of rotatable bonds is 6. The summed E-state index contributed by atoms with van der Waals surface area (Å²) in [7, 11) is 0. The number of nitrogens with zero attached hydrogens (tertiary/aromatic N) is 1. The van der Waals surface area contributed by atoms with Crippen molar-refractivity contribution in [1.29, 1.82) is 0 Å². The lowest BCUT2D eigenvalue weighted by Crippen LogP contribution is -1.97. The molecule has 0 radical (unpaired) electrons.